The molecule has 1 N–H and O–H groups in total. The lowest BCUT2D eigenvalue weighted by atomic mass is 9.82. The molecule has 1 aliphatic carbocycles. The van der Waals surface area contributed by atoms with Gasteiger partial charge in [0, 0.05) is 24.8 Å². The SMILES string of the molecule is CCC1CCCCC1n1cncc1CNC(C)C. The molecule has 1 aromatic rings. The lowest BCUT2D eigenvalue weighted by molar-refractivity contribution is 0.228. The summed E-state index contributed by atoms with van der Waals surface area (Å²) in [4.78, 5) is 4.37. The number of hydrogen-bond donors (Lipinski definition) is 1. The number of imidazole rings is 1. The Morgan fingerprint density at radius 2 is 2.17 bits per heavy atom. The Hall–Kier alpha value is -0.830. The number of aromatic nitrogens is 2. The van der Waals surface area contributed by atoms with Gasteiger partial charge in [0.15, 0.2) is 0 Å². The lowest BCUT2D eigenvalue weighted by Gasteiger charge is -2.33. The van der Waals surface area contributed by atoms with Crippen LogP contribution in [0.3, 0.4) is 0 Å². The molecule has 1 heterocycles. The molecule has 1 aliphatic rings. The highest BCUT2D eigenvalue weighted by atomic mass is 15.1. The maximum Gasteiger partial charge on any atom is 0.0951 e. The quantitative estimate of drug-likeness (QED) is 0.865. The average molecular weight is 249 g/mol. The van der Waals surface area contributed by atoms with E-state index in [0.29, 0.717) is 12.1 Å². The number of nitrogens with one attached hydrogen (secondary N) is 1. The van der Waals surface area contributed by atoms with E-state index in [1.807, 2.05) is 12.5 Å². The van der Waals surface area contributed by atoms with Gasteiger partial charge in [-0.1, -0.05) is 40.0 Å². The molecule has 1 saturated carbocycles. The molecule has 0 radical (unpaired) electrons. The second-order valence-electron chi connectivity index (χ2n) is 5.85. The minimum atomic E-state index is 0.529. The van der Waals surface area contributed by atoms with Crippen LogP contribution in [0, 0.1) is 5.92 Å². The fourth-order valence-corrected chi connectivity index (χ4v) is 3.11. The predicted molar refractivity (Wildman–Crippen MR) is 75.5 cm³/mol. The first-order valence-corrected chi connectivity index (χ1v) is 7.46. The van der Waals surface area contributed by atoms with E-state index in [1.54, 1.807) is 0 Å². The van der Waals surface area contributed by atoms with Gasteiger partial charge in [-0.25, -0.2) is 4.98 Å². The van der Waals surface area contributed by atoms with Crippen molar-refractivity contribution >= 4 is 0 Å². The minimum Gasteiger partial charge on any atom is -0.330 e. The summed E-state index contributed by atoms with van der Waals surface area (Å²) in [6, 6.07) is 1.21. The summed E-state index contributed by atoms with van der Waals surface area (Å²) in [5.74, 6) is 0.839. The van der Waals surface area contributed by atoms with Crippen LogP contribution in [0.15, 0.2) is 12.5 Å². The summed E-state index contributed by atoms with van der Waals surface area (Å²) in [5.41, 5.74) is 1.34. The average Bonchev–Trinajstić information content (AvgIpc) is 2.84. The van der Waals surface area contributed by atoms with E-state index < -0.39 is 0 Å². The van der Waals surface area contributed by atoms with Crippen molar-refractivity contribution in [3.05, 3.63) is 18.2 Å². The molecule has 0 bridgehead atoms. The van der Waals surface area contributed by atoms with E-state index in [2.05, 4.69) is 35.6 Å². The van der Waals surface area contributed by atoms with Crippen LogP contribution in [-0.2, 0) is 6.54 Å². The maximum atomic E-state index is 4.37. The normalized spacial score (nSPS) is 24.7. The van der Waals surface area contributed by atoms with Crippen LogP contribution in [-0.4, -0.2) is 15.6 Å². The molecule has 0 spiro atoms. The summed E-state index contributed by atoms with van der Waals surface area (Å²) in [7, 11) is 0. The van der Waals surface area contributed by atoms with Crippen LogP contribution >= 0.6 is 0 Å². The van der Waals surface area contributed by atoms with Gasteiger partial charge in [-0.15, -0.1) is 0 Å². The number of hydrogen-bond acceptors (Lipinski definition) is 2. The van der Waals surface area contributed by atoms with Crippen LogP contribution in [0.25, 0.3) is 0 Å². The molecule has 18 heavy (non-hydrogen) atoms. The lowest BCUT2D eigenvalue weighted by Crippen LogP contribution is -2.27. The Morgan fingerprint density at radius 1 is 1.39 bits per heavy atom. The minimum absolute atomic E-state index is 0.529. The zero-order valence-corrected chi connectivity index (χ0v) is 12.0. The number of rotatable bonds is 5. The Bertz CT molecular complexity index is 356. The molecule has 1 fully saturated rings. The first-order chi connectivity index (χ1) is 8.72. The largest absolute Gasteiger partial charge is 0.330 e. The predicted octanol–water partition coefficient (Wildman–Crippen LogP) is 3.52. The second-order valence-corrected chi connectivity index (χ2v) is 5.85. The molecular weight excluding hydrogens is 222 g/mol. The van der Waals surface area contributed by atoms with E-state index in [1.165, 1.54) is 37.8 Å². The van der Waals surface area contributed by atoms with E-state index in [0.717, 1.165) is 12.5 Å². The van der Waals surface area contributed by atoms with Crippen LogP contribution in [0.4, 0.5) is 0 Å². The topological polar surface area (TPSA) is 29.9 Å². The van der Waals surface area contributed by atoms with Gasteiger partial charge in [0.25, 0.3) is 0 Å². The third-order valence-corrected chi connectivity index (χ3v) is 4.19. The Balaban J connectivity index is 2.09. The molecule has 3 heteroatoms. The fraction of sp³-hybridized carbons (Fsp3) is 0.800. The van der Waals surface area contributed by atoms with Gasteiger partial charge in [-0.2, -0.15) is 0 Å². The van der Waals surface area contributed by atoms with Gasteiger partial charge in [-0.05, 0) is 18.8 Å². The highest BCUT2D eigenvalue weighted by Gasteiger charge is 2.26. The van der Waals surface area contributed by atoms with Gasteiger partial charge in [0.05, 0.1) is 12.0 Å². The zero-order valence-electron chi connectivity index (χ0n) is 12.0. The summed E-state index contributed by atoms with van der Waals surface area (Å²) in [6.45, 7) is 7.64. The van der Waals surface area contributed by atoms with Crippen molar-refractivity contribution in [2.45, 2.75) is 71.5 Å². The standard InChI is InChI=1S/C15H27N3/c1-4-13-7-5-6-8-15(13)18-11-16-9-14(18)10-17-12(2)3/h9,11-13,15,17H,4-8,10H2,1-3H3. The van der Waals surface area contributed by atoms with Gasteiger partial charge < -0.3 is 9.88 Å². The monoisotopic (exact) mass is 249 g/mol. The first-order valence-electron chi connectivity index (χ1n) is 7.46. The van der Waals surface area contributed by atoms with Crippen molar-refractivity contribution in [3.63, 3.8) is 0 Å². The van der Waals surface area contributed by atoms with E-state index in [9.17, 15) is 0 Å². The van der Waals surface area contributed by atoms with Gasteiger partial charge in [0.1, 0.15) is 0 Å². The summed E-state index contributed by atoms with van der Waals surface area (Å²) in [5, 5.41) is 3.50. The maximum absolute atomic E-state index is 4.37. The molecule has 102 valence electrons. The summed E-state index contributed by atoms with van der Waals surface area (Å²) in [6.07, 6.45) is 10.8. The highest BCUT2D eigenvalue weighted by molar-refractivity contribution is 5.02. The van der Waals surface area contributed by atoms with E-state index >= 15 is 0 Å². The molecule has 0 saturated heterocycles. The van der Waals surface area contributed by atoms with Crippen LogP contribution in [0.2, 0.25) is 0 Å². The summed E-state index contributed by atoms with van der Waals surface area (Å²) >= 11 is 0. The molecule has 0 amide bonds. The molecule has 0 aliphatic heterocycles. The Morgan fingerprint density at radius 3 is 2.89 bits per heavy atom. The first kappa shape index (κ1) is 13.6. The molecule has 1 aromatic heterocycles. The van der Waals surface area contributed by atoms with Gasteiger partial charge in [-0.3, -0.25) is 0 Å². The number of nitrogens with zero attached hydrogens (tertiary/aromatic N) is 2. The Kier molecular flexibility index (Phi) is 4.81. The molecule has 3 nitrogen and oxygen atoms in total. The molecule has 2 atom stereocenters. The van der Waals surface area contributed by atoms with Crippen molar-refractivity contribution in [2.75, 3.05) is 0 Å². The third-order valence-electron chi connectivity index (χ3n) is 4.19. The molecule has 2 unspecified atom stereocenters. The van der Waals surface area contributed by atoms with Crippen LogP contribution in [0.1, 0.15) is 64.6 Å². The van der Waals surface area contributed by atoms with Crippen molar-refractivity contribution in [1.29, 1.82) is 0 Å². The molecular formula is C15H27N3. The van der Waals surface area contributed by atoms with Crippen molar-refractivity contribution in [1.82, 2.24) is 14.9 Å². The van der Waals surface area contributed by atoms with Crippen LogP contribution < -0.4 is 5.32 Å². The van der Waals surface area contributed by atoms with Crippen LogP contribution in [0.5, 0.6) is 0 Å². The second kappa shape index (κ2) is 6.37. The van der Waals surface area contributed by atoms with Crippen molar-refractivity contribution < 1.29 is 0 Å². The fourth-order valence-electron chi connectivity index (χ4n) is 3.11. The molecule has 2 rings (SSSR count). The molecule has 0 aromatic carbocycles. The smallest absolute Gasteiger partial charge is 0.0951 e. The van der Waals surface area contributed by atoms with E-state index in [-0.39, 0.29) is 0 Å². The zero-order chi connectivity index (χ0) is 13.0. The Labute approximate surface area is 111 Å². The van der Waals surface area contributed by atoms with Crippen molar-refractivity contribution in [2.24, 2.45) is 5.92 Å². The highest BCUT2D eigenvalue weighted by Crippen LogP contribution is 2.36. The van der Waals surface area contributed by atoms with Crippen molar-refractivity contribution in [3.8, 4) is 0 Å². The summed E-state index contributed by atoms with van der Waals surface area (Å²) < 4.78 is 2.43. The van der Waals surface area contributed by atoms with E-state index in [4.69, 9.17) is 0 Å². The third kappa shape index (κ3) is 3.14. The van der Waals surface area contributed by atoms with Gasteiger partial charge in [0.2, 0.25) is 0 Å². The van der Waals surface area contributed by atoms with Gasteiger partial charge >= 0.3 is 0 Å².